The number of nitrogens with one attached hydrogen (secondary N) is 1. The van der Waals surface area contributed by atoms with Crippen LogP contribution in [0.25, 0.3) is 0 Å². The van der Waals surface area contributed by atoms with Crippen molar-refractivity contribution < 1.29 is 4.39 Å². The summed E-state index contributed by atoms with van der Waals surface area (Å²) in [7, 11) is 0. The molecule has 0 aromatic heterocycles. The van der Waals surface area contributed by atoms with Crippen LogP contribution in [-0.4, -0.2) is 6.54 Å². The highest BCUT2D eigenvalue weighted by molar-refractivity contribution is 5.57. The Hall–Kier alpha value is -1.05. The van der Waals surface area contributed by atoms with E-state index < -0.39 is 0 Å². The van der Waals surface area contributed by atoms with Gasteiger partial charge in [0.2, 0.25) is 0 Å². The summed E-state index contributed by atoms with van der Waals surface area (Å²) < 4.78 is 13.1. The van der Waals surface area contributed by atoms with Gasteiger partial charge in [0.15, 0.2) is 0 Å². The zero-order chi connectivity index (χ0) is 11.1. The molecule has 0 radical (unpaired) electrons. The van der Waals surface area contributed by atoms with Gasteiger partial charge in [0, 0.05) is 18.2 Å². The van der Waals surface area contributed by atoms with Crippen LogP contribution in [0.15, 0.2) is 18.2 Å². The second-order valence-corrected chi connectivity index (χ2v) is 5.57. The molecule has 1 aromatic carbocycles. The first kappa shape index (κ1) is 10.5. The molecule has 1 aromatic rings. The van der Waals surface area contributed by atoms with Gasteiger partial charge in [-0.25, -0.2) is 4.39 Å². The average Bonchev–Trinajstić information content (AvgIpc) is 2.46. The Morgan fingerprint density at radius 1 is 1.40 bits per heavy atom. The SMILES string of the molecule is CC(C)(C)CC1CNc2ccc(F)cc21. The van der Waals surface area contributed by atoms with Gasteiger partial charge in [-0.1, -0.05) is 20.8 Å². The molecule has 82 valence electrons. The van der Waals surface area contributed by atoms with Crippen LogP contribution < -0.4 is 5.32 Å². The number of rotatable bonds is 1. The predicted octanol–water partition coefficient (Wildman–Crippen LogP) is 3.77. The fourth-order valence-electron chi connectivity index (χ4n) is 2.30. The summed E-state index contributed by atoms with van der Waals surface area (Å²) >= 11 is 0. The lowest BCUT2D eigenvalue weighted by atomic mass is 9.82. The normalized spacial score (nSPS) is 19.9. The molecule has 15 heavy (non-hydrogen) atoms. The molecule has 0 bridgehead atoms. The molecule has 1 aliphatic heterocycles. The maximum absolute atomic E-state index is 13.1. The van der Waals surface area contributed by atoms with E-state index in [9.17, 15) is 4.39 Å². The number of anilines is 1. The van der Waals surface area contributed by atoms with Crippen molar-refractivity contribution in [2.24, 2.45) is 5.41 Å². The summed E-state index contributed by atoms with van der Waals surface area (Å²) in [5.74, 6) is 0.326. The molecule has 0 saturated heterocycles. The second kappa shape index (κ2) is 3.51. The lowest BCUT2D eigenvalue weighted by Gasteiger charge is -2.22. The summed E-state index contributed by atoms with van der Waals surface area (Å²) in [4.78, 5) is 0. The minimum absolute atomic E-state index is 0.128. The number of halogens is 1. The van der Waals surface area contributed by atoms with E-state index in [1.54, 1.807) is 6.07 Å². The molecule has 1 nitrogen and oxygen atoms in total. The van der Waals surface area contributed by atoms with Crippen molar-refractivity contribution in [1.29, 1.82) is 0 Å². The highest BCUT2D eigenvalue weighted by Gasteiger charge is 2.26. The Balaban J connectivity index is 2.24. The van der Waals surface area contributed by atoms with E-state index in [4.69, 9.17) is 0 Å². The van der Waals surface area contributed by atoms with Gasteiger partial charge in [-0.15, -0.1) is 0 Å². The summed E-state index contributed by atoms with van der Waals surface area (Å²) in [5.41, 5.74) is 2.54. The van der Waals surface area contributed by atoms with E-state index in [1.807, 2.05) is 6.07 Å². The molecule has 1 unspecified atom stereocenters. The average molecular weight is 207 g/mol. The van der Waals surface area contributed by atoms with Crippen molar-refractivity contribution in [2.75, 3.05) is 11.9 Å². The lowest BCUT2D eigenvalue weighted by Crippen LogP contribution is -2.13. The standard InChI is InChI=1S/C13H18FN/c1-13(2,3)7-9-8-15-12-5-4-10(14)6-11(9)12/h4-6,9,15H,7-8H2,1-3H3. The molecule has 1 heterocycles. The smallest absolute Gasteiger partial charge is 0.123 e. The largest absolute Gasteiger partial charge is 0.384 e. The monoisotopic (exact) mass is 207 g/mol. The fraction of sp³-hybridized carbons (Fsp3) is 0.538. The van der Waals surface area contributed by atoms with Crippen molar-refractivity contribution >= 4 is 5.69 Å². The first-order chi connectivity index (χ1) is 6.96. The van der Waals surface area contributed by atoms with Crippen LogP contribution in [0.5, 0.6) is 0 Å². The zero-order valence-electron chi connectivity index (χ0n) is 9.60. The maximum atomic E-state index is 13.1. The molecular formula is C13H18FN. The molecule has 1 atom stereocenters. The van der Waals surface area contributed by atoms with Crippen LogP contribution in [0.2, 0.25) is 0 Å². The predicted molar refractivity (Wildman–Crippen MR) is 61.7 cm³/mol. The van der Waals surface area contributed by atoms with Gasteiger partial charge in [0.25, 0.3) is 0 Å². The first-order valence-corrected chi connectivity index (χ1v) is 5.49. The van der Waals surface area contributed by atoms with Crippen molar-refractivity contribution in [3.63, 3.8) is 0 Å². The molecule has 1 N–H and O–H groups in total. The quantitative estimate of drug-likeness (QED) is 0.739. The fourth-order valence-corrected chi connectivity index (χ4v) is 2.30. The number of benzene rings is 1. The van der Waals surface area contributed by atoms with Crippen molar-refractivity contribution in [1.82, 2.24) is 0 Å². The van der Waals surface area contributed by atoms with Gasteiger partial charge in [-0.2, -0.15) is 0 Å². The van der Waals surface area contributed by atoms with Gasteiger partial charge in [-0.3, -0.25) is 0 Å². The summed E-state index contributed by atoms with van der Waals surface area (Å²) in [6.45, 7) is 7.62. The molecule has 0 amide bonds. The van der Waals surface area contributed by atoms with E-state index in [-0.39, 0.29) is 5.82 Å². The second-order valence-electron chi connectivity index (χ2n) is 5.57. The van der Waals surface area contributed by atoms with Crippen LogP contribution in [-0.2, 0) is 0 Å². The summed E-state index contributed by atoms with van der Waals surface area (Å²) in [6, 6.07) is 5.03. The molecule has 0 fully saturated rings. The van der Waals surface area contributed by atoms with Crippen LogP contribution >= 0.6 is 0 Å². The zero-order valence-corrected chi connectivity index (χ0v) is 9.60. The highest BCUT2D eigenvalue weighted by atomic mass is 19.1. The molecule has 2 rings (SSSR count). The van der Waals surface area contributed by atoms with Crippen LogP contribution in [0.4, 0.5) is 10.1 Å². The number of hydrogen-bond donors (Lipinski definition) is 1. The van der Waals surface area contributed by atoms with E-state index in [0.717, 1.165) is 24.2 Å². The van der Waals surface area contributed by atoms with Gasteiger partial charge >= 0.3 is 0 Å². The minimum atomic E-state index is -0.128. The van der Waals surface area contributed by atoms with Gasteiger partial charge in [0.05, 0.1) is 0 Å². The molecule has 0 spiro atoms. The Morgan fingerprint density at radius 2 is 2.13 bits per heavy atom. The van der Waals surface area contributed by atoms with Gasteiger partial charge in [0.1, 0.15) is 5.82 Å². The third-order valence-corrected chi connectivity index (χ3v) is 2.85. The lowest BCUT2D eigenvalue weighted by molar-refractivity contribution is 0.348. The van der Waals surface area contributed by atoms with Gasteiger partial charge < -0.3 is 5.32 Å². The Bertz CT molecular complexity index is 365. The third kappa shape index (κ3) is 2.31. The Kier molecular flexibility index (Phi) is 2.45. The maximum Gasteiger partial charge on any atom is 0.123 e. The number of fused-ring (bicyclic) bond motifs is 1. The Labute approximate surface area is 90.7 Å². The van der Waals surface area contributed by atoms with Crippen LogP contribution in [0.3, 0.4) is 0 Å². The molecule has 1 aliphatic rings. The van der Waals surface area contributed by atoms with E-state index in [2.05, 4.69) is 26.1 Å². The number of hydrogen-bond acceptors (Lipinski definition) is 1. The van der Waals surface area contributed by atoms with Gasteiger partial charge in [-0.05, 0) is 35.6 Å². The van der Waals surface area contributed by atoms with Crippen LogP contribution in [0.1, 0.15) is 38.7 Å². The van der Waals surface area contributed by atoms with Crippen LogP contribution in [0, 0.1) is 11.2 Å². The molecule has 2 heteroatoms. The minimum Gasteiger partial charge on any atom is -0.384 e. The Morgan fingerprint density at radius 3 is 2.80 bits per heavy atom. The molecule has 0 saturated carbocycles. The summed E-state index contributed by atoms with van der Waals surface area (Å²) in [5, 5.41) is 3.33. The van der Waals surface area contributed by atoms with Crippen molar-refractivity contribution in [3.8, 4) is 0 Å². The third-order valence-electron chi connectivity index (χ3n) is 2.85. The van der Waals surface area contributed by atoms with E-state index in [1.165, 1.54) is 6.07 Å². The molecular weight excluding hydrogens is 189 g/mol. The highest BCUT2D eigenvalue weighted by Crippen LogP contribution is 2.39. The van der Waals surface area contributed by atoms with E-state index >= 15 is 0 Å². The van der Waals surface area contributed by atoms with Crippen molar-refractivity contribution in [3.05, 3.63) is 29.6 Å². The first-order valence-electron chi connectivity index (χ1n) is 5.49. The summed E-state index contributed by atoms with van der Waals surface area (Å²) in [6.07, 6.45) is 1.09. The topological polar surface area (TPSA) is 12.0 Å². The van der Waals surface area contributed by atoms with Crippen molar-refractivity contribution in [2.45, 2.75) is 33.1 Å². The van der Waals surface area contributed by atoms with E-state index in [0.29, 0.717) is 11.3 Å². The molecule has 0 aliphatic carbocycles.